The van der Waals surface area contributed by atoms with Crippen molar-refractivity contribution < 1.29 is 58.5 Å². The van der Waals surface area contributed by atoms with Gasteiger partial charge >= 0.3 is 11.8 Å². The number of ether oxygens (including phenoxy) is 5. The highest BCUT2D eigenvalue weighted by molar-refractivity contribution is 6.20. The number of carbonyl (C=O) groups is 3. The van der Waals surface area contributed by atoms with E-state index < -0.39 is 83.0 Å². The molecule has 4 N–H and O–H groups in total. The number of aliphatic hydroxyl groups is 2. The minimum atomic E-state index is -1.95. The first-order valence-corrected chi connectivity index (χ1v) is 17.9. The number of carbonyl (C=O) groups excluding carboxylic acids is 3. The maximum Gasteiger partial charge on any atom is 0.312 e. The highest BCUT2D eigenvalue weighted by Gasteiger charge is 2.50. The number of phenolic OH excluding ortho intramolecular Hbond substituents is 2. The number of ketones is 1. The third-order valence-corrected chi connectivity index (χ3v) is 10.7. The van der Waals surface area contributed by atoms with Crippen LogP contribution in [0.4, 0.5) is 0 Å². The molecular weight excluding hydrogens is 700 g/mol. The monoisotopic (exact) mass is 750 g/mol. The number of rotatable bonds is 2. The molecule has 292 valence electrons. The maximum atomic E-state index is 14.3. The number of esters is 1. The van der Waals surface area contributed by atoms with Gasteiger partial charge in [-0.1, -0.05) is 45.9 Å². The number of allylic oxidation sites excluding steroid dienone is 2. The van der Waals surface area contributed by atoms with E-state index in [9.17, 15) is 34.8 Å². The van der Waals surface area contributed by atoms with Gasteiger partial charge in [0.15, 0.2) is 12.5 Å². The number of methoxy groups -OCH3 is 1. The van der Waals surface area contributed by atoms with Gasteiger partial charge in [0, 0.05) is 74.4 Å². The Labute approximate surface area is 313 Å². The minimum Gasteiger partial charge on any atom is -0.507 e. The first-order valence-electron chi connectivity index (χ1n) is 17.9. The van der Waals surface area contributed by atoms with Crippen LogP contribution in [0.25, 0.3) is 17.0 Å². The second-order valence-electron chi connectivity index (χ2n) is 14.7. The largest absolute Gasteiger partial charge is 0.507 e. The normalized spacial score (nSPS) is 32.7. The fourth-order valence-electron chi connectivity index (χ4n) is 7.37. The summed E-state index contributed by atoms with van der Waals surface area (Å²) in [7, 11) is 3.17. The Morgan fingerprint density at radius 2 is 1.67 bits per heavy atom. The van der Waals surface area contributed by atoms with E-state index in [4.69, 9.17) is 23.7 Å². The average Bonchev–Trinajstić information content (AvgIpc) is 3.39. The van der Waals surface area contributed by atoms with Gasteiger partial charge in [-0.05, 0) is 19.9 Å². The van der Waals surface area contributed by atoms with Gasteiger partial charge in [0.25, 0.3) is 11.7 Å². The molecule has 54 heavy (non-hydrogen) atoms. The lowest BCUT2D eigenvalue weighted by Crippen LogP contribution is -2.46. The maximum absolute atomic E-state index is 14.3. The van der Waals surface area contributed by atoms with Crippen molar-refractivity contribution in [3.8, 4) is 23.0 Å². The Morgan fingerprint density at radius 3 is 2.31 bits per heavy atom. The van der Waals surface area contributed by atoms with Crippen molar-refractivity contribution in [1.82, 2.24) is 4.90 Å². The number of hydrogen-bond donors (Lipinski definition) is 4. The number of aliphatic hydroxyl groups excluding tert-OH is 2. The van der Waals surface area contributed by atoms with Crippen LogP contribution < -0.4 is 20.0 Å². The van der Waals surface area contributed by atoms with Crippen molar-refractivity contribution >= 4 is 34.6 Å². The van der Waals surface area contributed by atoms with Crippen molar-refractivity contribution in [2.75, 3.05) is 20.9 Å². The SMILES string of the molecule is COC1/C=C/OC2(C)Oc3c(C)c(O)c4c(O)c(c5c(c4c3C2=O)OCN(C)C=5)=NC(=O)/C(C)=C\C=C\C(C)C(O)C(C)C(O)C(C)C(OC(C)=O)C1C. The molecule has 14 nitrogen and oxygen atoms in total. The molecule has 3 aliphatic heterocycles. The van der Waals surface area contributed by atoms with Gasteiger partial charge < -0.3 is 49.0 Å². The van der Waals surface area contributed by atoms with Gasteiger partial charge in [0.2, 0.25) is 0 Å². The lowest BCUT2D eigenvalue weighted by Gasteiger charge is -2.38. The van der Waals surface area contributed by atoms with E-state index in [1.165, 1.54) is 53.2 Å². The Kier molecular flexibility index (Phi) is 11.5. The van der Waals surface area contributed by atoms with E-state index in [1.807, 2.05) is 0 Å². The predicted molar refractivity (Wildman–Crippen MR) is 197 cm³/mol. The predicted octanol–water partition coefficient (Wildman–Crippen LogP) is 3.28. The Morgan fingerprint density at radius 1 is 0.981 bits per heavy atom. The molecule has 9 atom stereocenters. The molecule has 3 heterocycles. The van der Waals surface area contributed by atoms with Crippen LogP contribution in [0.1, 0.15) is 64.4 Å². The van der Waals surface area contributed by atoms with Gasteiger partial charge in [-0.3, -0.25) is 14.4 Å². The molecule has 4 bridgehead atoms. The summed E-state index contributed by atoms with van der Waals surface area (Å²) < 4.78 is 29.7. The van der Waals surface area contributed by atoms with Crippen molar-refractivity contribution in [1.29, 1.82) is 0 Å². The molecule has 1 amide bonds. The number of fused-ring (bicyclic) bond motifs is 1. The Bertz CT molecular complexity index is 2070. The van der Waals surface area contributed by atoms with E-state index in [0.29, 0.717) is 0 Å². The summed E-state index contributed by atoms with van der Waals surface area (Å²) in [5.74, 6) is -7.09. The van der Waals surface area contributed by atoms with E-state index in [-0.39, 0.29) is 56.3 Å². The van der Waals surface area contributed by atoms with Gasteiger partial charge in [0.05, 0.1) is 40.7 Å². The summed E-state index contributed by atoms with van der Waals surface area (Å²) in [5.41, 5.74) is 0.310. The van der Waals surface area contributed by atoms with E-state index in [1.54, 1.807) is 58.0 Å². The van der Waals surface area contributed by atoms with Crippen LogP contribution in [-0.4, -0.2) is 94.1 Å². The van der Waals surface area contributed by atoms with Gasteiger partial charge in [-0.25, -0.2) is 4.99 Å². The summed E-state index contributed by atoms with van der Waals surface area (Å²) in [6.45, 7) is 12.7. The van der Waals surface area contributed by atoms with Crippen LogP contribution in [0.3, 0.4) is 0 Å². The second kappa shape index (κ2) is 15.4. The third kappa shape index (κ3) is 7.17. The number of Topliss-reactive ketones (excluding diaryl/α,β-unsaturated/α-hetero) is 1. The molecule has 0 fully saturated rings. The molecule has 0 saturated carbocycles. The van der Waals surface area contributed by atoms with Crippen LogP contribution in [-0.2, 0) is 23.8 Å². The quantitative estimate of drug-likeness (QED) is 0.327. The third-order valence-electron chi connectivity index (χ3n) is 10.7. The van der Waals surface area contributed by atoms with Crippen LogP contribution in [0.2, 0.25) is 0 Å². The van der Waals surface area contributed by atoms with Crippen molar-refractivity contribution in [3.05, 3.63) is 57.8 Å². The number of aromatic hydroxyl groups is 2. The number of benzene rings is 2. The Balaban J connectivity index is 1.75. The summed E-state index contributed by atoms with van der Waals surface area (Å²) in [4.78, 5) is 46.1. The molecule has 5 rings (SSSR count). The van der Waals surface area contributed by atoms with Gasteiger partial charge in [0.1, 0.15) is 28.7 Å². The summed E-state index contributed by atoms with van der Waals surface area (Å²) in [5, 5.41) is 45.9. The van der Waals surface area contributed by atoms with Crippen LogP contribution >= 0.6 is 0 Å². The molecule has 0 saturated heterocycles. The molecule has 0 spiro atoms. The zero-order valence-corrected chi connectivity index (χ0v) is 32.2. The lowest BCUT2D eigenvalue weighted by molar-refractivity contribution is -0.160. The lowest BCUT2D eigenvalue weighted by atomic mass is 9.78. The fourth-order valence-corrected chi connectivity index (χ4v) is 7.37. The van der Waals surface area contributed by atoms with E-state index in [0.717, 1.165) is 0 Å². The first-order chi connectivity index (χ1) is 25.3. The molecule has 2 aromatic carbocycles. The smallest absolute Gasteiger partial charge is 0.312 e. The number of phenols is 2. The average molecular weight is 751 g/mol. The van der Waals surface area contributed by atoms with Crippen molar-refractivity contribution in [3.63, 3.8) is 0 Å². The summed E-state index contributed by atoms with van der Waals surface area (Å²) >= 11 is 0. The molecule has 14 heteroatoms. The molecule has 0 aromatic heterocycles. The first kappa shape index (κ1) is 40.3. The zero-order valence-electron chi connectivity index (χ0n) is 32.2. The van der Waals surface area contributed by atoms with Crippen LogP contribution in [0.15, 0.2) is 41.1 Å². The molecular formula is C40H50N2O12. The highest BCUT2D eigenvalue weighted by Crippen LogP contribution is 2.50. The van der Waals surface area contributed by atoms with Crippen molar-refractivity contribution in [2.24, 2.45) is 28.7 Å². The summed E-state index contributed by atoms with van der Waals surface area (Å²) in [6, 6.07) is 0. The van der Waals surface area contributed by atoms with Crippen LogP contribution in [0, 0.1) is 30.6 Å². The van der Waals surface area contributed by atoms with E-state index >= 15 is 0 Å². The molecule has 3 aliphatic rings. The fraction of sp³-hybridized carbons (Fsp3) is 0.500. The minimum absolute atomic E-state index is 0.00549. The standard InChI is InChI=1S/C40H50N2O12/c1-18-12-11-13-19(2)39(49)41-30-25-16-42(9)17-51-37(25)27-28(34(30)47)33(46)23(6)36-29(27)38(48)40(8,54-36)52-15-14-26(50-10)20(3)35(53-24(7)43)22(5)32(45)21(4)31(18)44/h11-16,18,20-22,26,31-32,35,44-47H,17H2,1-10H3/b12-11+,15-14+,19-13-,41-30?. The molecule has 0 radical (unpaired) electrons. The van der Waals surface area contributed by atoms with Gasteiger partial charge in [-0.2, -0.15) is 0 Å². The number of hydrogen-bond acceptors (Lipinski definition) is 13. The number of amides is 1. The molecule has 0 aliphatic carbocycles. The van der Waals surface area contributed by atoms with Crippen molar-refractivity contribution in [2.45, 2.75) is 85.6 Å². The highest BCUT2D eigenvalue weighted by atomic mass is 16.7. The summed E-state index contributed by atoms with van der Waals surface area (Å²) in [6.07, 6.45) is 5.39. The molecule has 9 unspecified atom stereocenters. The topological polar surface area (TPSA) is 194 Å². The second-order valence-corrected chi connectivity index (χ2v) is 14.7. The van der Waals surface area contributed by atoms with Gasteiger partial charge in [-0.15, -0.1) is 0 Å². The molecule has 2 aromatic rings. The zero-order chi connectivity index (χ0) is 40.0. The van der Waals surface area contributed by atoms with E-state index in [2.05, 4.69) is 4.99 Å². The number of nitrogens with zero attached hydrogens (tertiary/aromatic N) is 2. The van der Waals surface area contributed by atoms with Crippen LogP contribution in [0.5, 0.6) is 23.0 Å². The Hall–Kier alpha value is -4.92.